The van der Waals surface area contributed by atoms with Crippen molar-refractivity contribution in [1.82, 2.24) is 14.3 Å². The molecule has 0 aliphatic heterocycles. The molecule has 3 aromatic heterocycles. The van der Waals surface area contributed by atoms with Crippen LogP contribution in [0, 0.1) is 24.4 Å². The number of hydrogen-bond donors (Lipinski definition) is 1. The Hall–Kier alpha value is -2.99. The van der Waals surface area contributed by atoms with Gasteiger partial charge in [-0.1, -0.05) is 29.3 Å². The number of thiophene rings is 1. The first-order chi connectivity index (χ1) is 17.4. The van der Waals surface area contributed by atoms with Crippen molar-refractivity contribution in [3.8, 4) is 11.3 Å². The SMILES string of the molecule is Cc1cn(Cc2ccc(F)c(F)c2)c2c(-c3cc(NS(=O)(=O)c4cc(Cl)c(Cl)s4)nn3C)cc(F)cc12. The van der Waals surface area contributed by atoms with E-state index in [0.29, 0.717) is 27.7 Å². The summed E-state index contributed by atoms with van der Waals surface area (Å²) in [5.74, 6) is -2.40. The molecule has 6 nitrogen and oxygen atoms in total. The van der Waals surface area contributed by atoms with E-state index in [-0.39, 0.29) is 25.9 Å². The third-order valence-electron chi connectivity index (χ3n) is 5.76. The van der Waals surface area contributed by atoms with Crippen LogP contribution in [0.3, 0.4) is 0 Å². The predicted molar refractivity (Wildman–Crippen MR) is 139 cm³/mol. The number of anilines is 1. The molecule has 5 aromatic rings. The zero-order valence-electron chi connectivity index (χ0n) is 19.2. The molecule has 1 N–H and O–H groups in total. The van der Waals surface area contributed by atoms with E-state index in [9.17, 15) is 21.6 Å². The molecular weight excluding hydrogens is 568 g/mol. The van der Waals surface area contributed by atoms with Crippen molar-refractivity contribution in [2.75, 3.05) is 4.72 Å². The standard InChI is InChI=1S/C24H17Cl2F3N4O2S2/c1-12-10-33(11-13-3-4-18(28)19(29)5-13)23-15(12)6-14(27)7-16(23)20-9-21(30-32(20)2)31-37(34,35)22-8-17(25)24(26)36-22/h3-10H,11H2,1-2H3,(H,30,31). The lowest BCUT2D eigenvalue weighted by atomic mass is 10.1. The number of sulfonamides is 1. The van der Waals surface area contributed by atoms with Crippen LogP contribution in [0.2, 0.25) is 9.36 Å². The number of aromatic nitrogens is 3. The van der Waals surface area contributed by atoms with Gasteiger partial charge in [0, 0.05) is 36.8 Å². The second-order valence-electron chi connectivity index (χ2n) is 8.37. The zero-order chi connectivity index (χ0) is 26.6. The lowest BCUT2D eigenvalue weighted by molar-refractivity contribution is 0.506. The Labute approximate surface area is 223 Å². The number of nitrogens with zero attached hydrogens (tertiary/aromatic N) is 3. The number of rotatable bonds is 6. The molecule has 2 aromatic carbocycles. The molecule has 0 saturated heterocycles. The van der Waals surface area contributed by atoms with E-state index in [1.54, 1.807) is 17.8 Å². The minimum absolute atomic E-state index is 0.00555. The van der Waals surface area contributed by atoms with Gasteiger partial charge < -0.3 is 4.57 Å². The van der Waals surface area contributed by atoms with Gasteiger partial charge in [-0.3, -0.25) is 9.40 Å². The summed E-state index contributed by atoms with van der Waals surface area (Å²) in [6.07, 6.45) is 1.79. The number of nitrogens with one attached hydrogen (secondary N) is 1. The fourth-order valence-electron chi connectivity index (χ4n) is 4.15. The van der Waals surface area contributed by atoms with Gasteiger partial charge in [0.15, 0.2) is 17.5 Å². The molecule has 0 aliphatic rings. The van der Waals surface area contributed by atoms with E-state index < -0.39 is 27.5 Å². The largest absolute Gasteiger partial charge is 0.342 e. The molecule has 0 aliphatic carbocycles. The number of benzene rings is 2. The summed E-state index contributed by atoms with van der Waals surface area (Å²) >= 11 is 12.6. The minimum atomic E-state index is -4.03. The highest BCUT2D eigenvalue weighted by Crippen LogP contribution is 2.37. The normalized spacial score (nSPS) is 12.0. The van der Waals surface area contributed by atoms with E-state index in [0.717, 1.165) is 29.0 Å². The smallest absolute Gasteiger partial charge is 0.272 e. The predicted octanol–water partition coefficient (Wildman–Crippen LogP) is 6.98. The highest BCUT2D eigenvalue weighted by Gasteiger charge is 2.23. The molecule has 5 rings (SSSR count). The molecule has 3 heterocycles. The van der Waals surface area contributed by atoms with Crippen LogP contribution in [0.1, 0.15) is 11.1 Å². The fourth-order valence-corrected chi connectivity index (χ4v) is 7.02. The molecule has 0 amide bonds. The van der Waals surface area contributed by atoms with Gasteiger partial charge in [0.05, 0.1) is 16.2 Å². The van der Waals surface area contributed by atoms with Gasteiger partial charge >= 0.3 is 0 Å². The van der Waals surface area contributed by atoms with E-state index in [1.807, 2.05) is 6.92 Å². The van der Waals surface area contributed by atoms with Crippen LogP contribution in [0.4, 0.5) is 19.0 Å². The van der Waals surface area contributed by atoms with E-state index in [2.05, 4.69) is 9.82 Å². The molecule has 0 spiro atoms. The summed E-state index contributed by atoms with van der Waals surface area (Å²) in [7, 11) is -2.43. The third-order valence-corrected chi connectivity index (χ3v) is 9.45. The first kappa shape index (κ1) is 25.7. The van der Waals surface area contributed by atoms with Gasteiger partial charge in [0.25, 0.3) is 10.0 Å². The summed E-state index contributed by atoms with van der Waals surface area (Å²) in [5, 5.41) is 4.98. The van der Waals surface area contributed by atoms with Crippen LogP contribution < -0.4 is 4.72 Å². The molecular formula is C24H17Cl2F3N4O2S2. The van der Waals surface area contributed by atoms with Crippen molar-refractivity contribution in [2.45, 2.75) is 17.7 Å². The van der Waals surface area contributed by atoms with Crippen LogP contribution in [0.15, 0.2) is 52.9 Å². The topological polar surface area (TPSA) is 68.9 Å². The van der Waals surface area contributed by atoms with Gasteiger partial charge in [-0.2, -0.15) is 5.10 Å². The first-order valence-electron chi connectivity index (χ1n) is 10.7. The third kappa shape index (κ3) is 4.84. The van der Waals surface area contributed by atoms with Crippen molar-refractivity contribution in [3.63, 3.8) is 0 Å². The molecule has 0 radical (unpaired) electrons. The first-order valence-corrected chi connectivity index (χ1v) is 13.7. The Bertz CT molecular complexity index is 1780. The van der Waals surface area contributed by atoms with Crippen molar-refractivity contribution < 1.29 is 21.6 Å². The van der Waals surface area contributed by atoms with Crippen molar-refractivity contribution in [1.29, 1.82) is 0 Å². The Balaban J connectivity index is 1.59. The highest BCUT2D eigenvalue weighted by molar-refractivity contribution is 7.94. The second kappa shape index (κ2) is 9.39. The van der Waals surface area contributed by atoms with Gasteiger partial charge in [-0.25, -0.2) is 21.6 Å². The van der Waals surface area contributed by atoms with Gasteiger partial charge in [-0.05, 0) is 48.4 Å². The van der Waals surface area contributed by atoms with Gasteiger partial charge in [-0.15, -0.1) is 11.3 Å². The van der Waals surface area contributed by atoms with Crippen LogP contribution in [0.5, 0.6) is 0 Å². The lowest BCUT2D eigenvalue weighted by Gasteiger charge is -2.11. The lowest BCUT2D eigenvalue weighted by Crippen LogP contribution is -2.12. The Morgan fingerprint density at radius 1 is 1.05 bits per heavy atom. The summed E-state index contributed by atoms with van der Waals surface area (Å²) < 4.78 is 73.3. The number of aryl methyl sites for hydroxylation is 2. The van der Waals surface area contributed by atoms with Crippen LogP contribution in [-0.2, 0) is 23.6 Å². The van der Waals surface area contributed by atoms with E-state index >= 15 is 0 Å². The Kier molecular flexibility index (Phi) is 6.51. The van der Waals surface area contributed by atoms with Crippen molar-refractivity contribution in [3.05, 3.63) is 86.6 Å². The summed E-state index contributed by atoms with van der Waals surface area (Å²) in [6.45, 7) is 2.00. The molecule has 0 unspecified atom stereocenters. The molecule has 192 valence electrons. The highest BCUT2D eigenvalue weighted by atomic mass is 35.5. The van der Waals surface area contributed by atoms with Gasteiger partial charge in [0.1, 0.15) is 14.4 Å². The molecule has 0 atom stereocenters. The number of hydrogen-bond acceptors (Lipinski definition) is 4. The summed E-state index contributed by atoms with van der Waals surface area (Å²) in [4.78, 5) is 0. The summed E-state index contributed by atoms with van der Waals surface area (Å²) in [6, 6.07) is 9.06. The van der Waals surface area contributed by atoms with Crippen molar-refractivity contribution in [2.24, 2.45) is 7.05 Å². The molecule has 0 fully saturated rings. The number of fused-ring (bicyclic) bond motifs is 1. The average Bonchev–Trinajstić information content (AvgIpc) is 3.45. The van der Waals surface area contributed by atoms with E-state index in [1.165, 1.54) is 35.0 Å². The average molecular weight is 585 g/mol. The molecule has 0 saturated carbocycles. The van der Waals surface area contributed by atoms with Crippen LogP contribution in [0.25, 0.3) is 22.2 Å². The van der Waals surface area contributed by atoms with Crippen molar-refractivity contribution >= 4 is 61.3 Å². The minimum Gasteiger partial charge on any atom is -0.342 e. The second-order valence-corrected chi connectivity index (χ2v) is 12.3. The number of halogens is 5. The Morgan fingerprint density at radius 3 is 2.49 bits per heavy atom. The quantitative estimate of drug-likeness (QED) is 0.234. The molecule has 37 heavy (non-hydrogen) atoms. The molecule has 13 heteroatoms. The zero-order valence-corrected chi connectivity index (χ0v) is 22.3. The Morgan fingerprint density at radius 2 is 1.81 bits per heavy atom. The fraction of sp³-hybridized carbons (Fsp3) is 0.125. The van der Waals surface area contributed by atoms with Crippen LogP contribution >= 0.6 is 34.5 Å². The summed E-state index contributed by atoms with van der Waals surface area (Å²) in [5.41, 5.74) is 2.77. The van der Waals surface area contributed by atoms with Gasteiger partial charge in [0.2, 0.25) is 0 Å². The molecule has 0 bridgehead atoms. The maximum atomic E-state index is 14.7. The van der Waals surface area contributed by atoms with E-state index in [4.69, 9.17) is 23.2 Å². The maximum absolute atomic E-state index is 14.7. The maximum Gasteiger partial charge on any atom is 0.272 e. The monoisotopic (exact) mass is 584 g/mol. The van der Waals surface area contributed by atoms with Crippen LogP contribution in [-0.4, -0.2) is 22.8 Å².